The quantitative estimate of drug-likeness (QED) is 0.759. The van der Waals surface area contributed by atoms with E-state index in [1.54, 1.807) is 4.57 Å². The number of aryl methyl sites for hydroxylation is 2. The van der Waals surface area contributed by atoms with Crippen molar-refractivity contribution in [1.29, 1.82) is 0 Å². The first-order chi connectivity index (χ1) is 11.6. The lowest BCUT2D eigenvalue weighted by atomic mass is 10.1. The Labute approximate surface area is 140 Å². The standard InChI is InChI=1S/C20H17N3O/c1-13-6-5-7-16(10-13)23-14(2)22-19(20(23)24)11-15-12-21-18-9-4-3-8-17(15)18/h3-12,24H,1-2H3/b15-11+. The van der Waals surface area contributed by atoms with Gasteiger partial charge in [-0.1, -0.05) is 30.3 Å². The zero-order valence-electron chi connectivity index (χ0n) is 13.6. The maximum atomic E-state index is 10.7. The highest BCUT2D eigenvalue weighted by atomic mass is 16.3. The number of aromatic hydroxyl groups is 1. The van der Waals surface area contributed by atoms with E-state index in [1.807, 2.05) is 74.7 Å². The molecule has 4 rings (SSSR count). The first kappa shape index (κ1) is 14.5. The fourth-order valence-corrected chi connectivity index (χ4v) is 3.02. The van der Waals surface area contributed by atoms with Gasteiger partial charge in [0.15, 0.2) is 0 Å². The summed E-state index contributed by atoms with van der Waals surface area (Å²) in [5.74, 6) is 0.886. The van der Waals surface area contributed by atoms with Gasteiger partial charge in [-0.15, -0.1) is 0 Å². The third-order valence-electron chi connectivity index (χ3n) is 4.16. The van der Waals surface area contributed by atoms with Crippen LogP contribution in [0.5, 0.6) is 5.88 Å². The van der Waals surface area contributed by atoms with Crippen molar-refractivity contribution in [3.05, 3.63) is 71.2 Å². The minimum absolute atomic E-state index is 0.142. The van der Waals surface area contributed by atoms with Crippen molar-refractivity contribution < 1.29 is 5.11 Å². The summed E-state index contributed by atoms with van der Waals surface area (Å²) in [5, 5.41) is 10.7. The number of aliphatic imine (C=N–C) groups is 1. The Morgan fingerprint density at radius 3 is 2.71 bits per heavy atom. The molecule has 0 saturated heterocycles. The van der Waals surface area contributed by atoms with Crippen LogP contribution in [-0.4, -0.2) is 20.9 Å². The fourth-order valence-electron chi connectivity index (χ4n) is 3.02. The van der Waals surface area contributed by atoms with E-state index in [9.17, 15) is 5.11 Å². The van der Waals surface area contributed by atoms with Crippen LogP contribution in [0.25, 0.3) is 17.3 Å². The van der Waals surface area contributed by atoms with Gasteiger partial charge in [0.2, 0.25) is 5.88 Å². The highest BCUT2D eigenvalue weighted by Gasteiger charge is 2.17. The molecule has 1 aromatic heterocycles. The molecule has 4 heteroatoms. The van der Waals surface area contributed by atoms with Crippen molar-refractivity contribution in [1.82, 2.24) is 9.55 Å². The monoisotopic (exact) mass is 315 g/mol. The summed E-state index contributed by atoms with van der Waals surface area (Å²) in [4.78, 5) is 8.92. The fraction of sp³-hybridized carbons (Fsp3) is 0.100. The predicted molar refractivity (Wildman–Crippen MR) is 97.2 cm³/mol. The third-order valence-corrected chi connectivity index (χ3v) is 4.16. The van der Waals surface area contributed by atoms with Crippen molar-refractivity contribution in [2.45, 2.75) is 13.8 Å². The van der Waals surface area contributed by atoms with Crippen LogP contribution >= 0.6 is 0 Å². The summed E-state index contributed by atoms with van der Waals surface area (Å²) in [5.41, 5.74) is 5.54. The first-order valence-electron chi connectivity index (χ1n) is 7.84. The number of nitrogens with zero attached hydrogens (tertiary/aromatic N) is 3. The molecule has 1 N–H and O–H groups in total. The summed E-state index contributed by atoms with van der Waals surface area (Å²) < 4.78 is 1.76. The smallest absolute Gasteiger partial charge is 0.223 e. The molecule has 0 bridgehead atoms. The molecule has 118 valence electrons. The van der Waals surface area contributed by atoms with Crippen LogP contribution < -0.4 is 0 Å². The summed E-state index contributed by atoms with van der Waals surface area (Å²) in [6, 6.07) is 15.9. The first-order valence-corrected chi connectivity index (χ1v) is 7.84. The van der Waals surface area contributed by atoms with Crippen molar-refractivity contribution in [2.75, 3.05) is 0 Å². The predicted octanol–water partition coefficient (Wildman–Crippen LogP) is 4.45. The number of benzene rings is 2. The molecule has 0 unspecified atom stereocenters. The molecule has 24 heavy (non-hydrogen) atoms. The lowest BCUT2D eigenvalue weighted by Crippen LogP contribution is -1.96. The van der Waals surface area contributed by atoms with Crippen molar-refractivity contribution in [3.63, 3.8) is 0 Å². The zero-order chi connectivity index (χ0) is 16.7. The minimum Gasteiger partial charge on any atom is -0.493 e. The van der Waals surface area contributed by atoms with Gasteiger partial charge in [-0.25, -0.2) is 4.98 Å². The lowest BCUT2D eigenvalue weighted by Gasteiger charge is -2.07. The van der Waals surface area contributed by atoms with Crippen LogP contribution in [0.1, 0.15) is 22.6 Å². The highest BCUT2D eigenvalue weighted by Crippen LogP contribution is 2.34. The number of hydrogen-bond acceptors (Lipinski definition) is 3. The van der Waals surface area contributed by atoms with Crippen molar-refractivity contribution >= 4 is 23.6 Å². The normalized spacial score (nSPS) is 14.3. The molecule has 2 heterocycles. The van der Waals surface area contributed by atoms with E-state index in [4.69, 9.17) is 0 Å². The highest BCUT2D eigenvalue weighted by molar-refractivity contribution is 6.21. The summed E-state index contributed by atoms with van der Waals surface area (Å²) in [6.45, 7) is 3.92. The van der Waals surface area contributed by atoms with Gasteiger partial charge in [-0.3, -0.25) is 9.56 Å². The van der Waals surface area contributed by atoms with Gasteiger partial charge in [0.25, 0.3) is 0 Å². The Hall–Kier alpha value is -3.14. The lowest BCUT2D eigenvalue weighted by molar-refractivity contribution is 0.440. The van der Waals surface area contributed by atoms with Crippen LogP contribution in [0.3, 0.4) is 0 Å². The average molecular weight is 315 g/mol. The number of imidazole rings is 1. The number of para-hydroxylation sites is 1. The van der Waals surface area contributed by atoms with E-state index in [1.165, 1.54) is 0 Å². The second-order valence-corrected chi connectivity index (χ2v) is 5.92. The number of allylic oxidation sites excluding steroid dienone is 1. The van der Waals surface area contributed by atoms with Crippen molar-refractivity contribution in [2.24, 2.45) is 4.99 Å². The largest absolute Gasteiger partial charge is 0.493 e. The molecule has 0 atom stereocenters. The van der Waals surface area contributed by atoms with Crippen LogP contribution in [0, 0.1) is 13.8 Å². The topological polar surface area (TPSA) is 50.4 Å². The van der Waals surface area contributed by atoms with E-state index in [-0.39, 0.29) is 5.88 Å². The van der Waals surface area contributed by atoms with E-state index >= 15 is 0 Å². The summed E-state index contributed by atoms with van der Waals surface area (Å²) in [6.07, 6.45) is 3.69. The van der Waals surface area contributed by atoms with Gasteiger partial charge in [-0.05, 0) is 43.7 Å². The van der Waals surface area contributed by atoms with Gasteiger partial charge in [0.05, 0.1) is 11.4 Å². The minimum atomic E-state index is 0.142. The Balaban J connectivity index is 1.81. The molecule has 1 aliphatic rings. The van der Waals surface area contributed by atoms with Gasteiger partial charge >= 0.3 is 0 Å². The van der Waals surface area contributed by atoms with Crippen LogP contribution in [0.2, 0.25) is 0 Å². The molecule has 4 nitrogen and oxygen atoms in total. The molecular formula is C20H17N3O. The third kappa shape index (κ3) is 2.33. The SMILES string of the molecule is Cc1cccc(-n2c(C)nc(/C=C3\C=Nc4ccccc43)c2O)c1. The molecule has 3 aromatic rings. The maximum Gasteiger partial charge on any atom is 0.223 e. The van der Waals surface area contributed by atoms with Crippen molar-refractivity contribution in [3.8, 4) is 11.6 Å². The van der Waals surface area contributed by atoms with E-state index in [0.717, 1.165) is 33.9 Å². The Morgan fingerprint density at radius 1 is 1.04 bits per heavy atom. The number of aromatic nitrogens is 2. The van der Waals surface area contributed by atoms with E-state index in [2.05, 4.69) is 9.98 Å². The van der Waals surface area contributed by atoms with E-state index in [0.29, 0.717) is 5.69 Å². The Bertz CT molecular complexity index is 996. The maximum absolute atomic E-state index is 10.7. The second kappa shape index (κ2) is 5.49. The number of fused-ring (bicyclic) bond motifs is 1. The molecule has 0 aliphatic carbocycles. The molecule has 0 saturated carbocycles. The van der Waals surface area contributed by atoms with E-state index < -0.39 is 0 Å². The van der Waals surface area contributed by atoms with Crippen LogP contribution in [-0.2, 0) is 0 Å². The van der Waals surface area contributed by atoms with Crippen LogP contribution in [0.15, 0.2) is 53.5 Å². The second-order valence-electron chi connectivity index (χ2n) is 5.92. The Morgan fingerprint density at radius 2 is 1.88 bits per heavy atom. The summed E-state index contributed by atoms with van der Waals surface area (Å²) >= 11 is 0. The molecule has 2 aromatic carbocycles. The number of hydrogen-bond donors (Lipinski definition) is 1. The molecule has 0 radical (unpaired) electrons. The van der Waals surface area contributed by atoms with Crippen LogP contribution in [0.4, 0.5) is 5.69 Å². The molecule has 1 aliphatic heterocycles. The number of rotatable bonds is 2. The average Bonchev–Trinajstić information content (AvgIpc) is 3.09. The van der Waals surface area contributed by atoms with Gasteiger partial charge in [0, 0.05) is 17.4 Å². The molecule has 0 spiro atoms. The molecule has 0 amide bonds. The van der Waals surface area contributed by atoms with Gasteiger partial charge < -0.3 is 5.11 Å². The molecule has 0 fully saturated rings. The van der Waals surface area contributed by atoms with Gasteiger partial charge in [-0.2, -0.15) is 0 Å². The molecular weight excluding hydrogens is 298 g/mol. The zero-order valence-corrected chi connectivity index (χ0v) is 13.6. The summed E-state index contributed by atoms with van der Waals surface area (Å²) in [7, 11) is 0. The Kier molecular flexibility index (Phi) is 3.31. The van der Waals surface area contributed by atoms with Gasteiger partial charge in [0.1, 0.15) is 11.5 Å².